The number of carbonyl (C=O) groups excluding carboxylic acids is 2. The number of aliphatic hydroxyl groups is 2. The van der Waals surface area contributed by atoms with Gasteiger partial charge < -0.3 is 20.3 Å². The molecule has 0 aromatic rings. The largest absolute Gasteiger partial charge is 0.466 e. The molecule has 0 heterocycles. The molecule has 0 saturated carbocycles. The zero-order valence-corrected chi connectivity index (χ0v) is 55.5. The molecule has 0 saturated heterocycles. The zero-order chi connectivity index (χ0) is 59.2. The van der Waals surface area contributed by atoms with Crippen molar-refractivity contribution in [3.05, 3.63) is 36.5 Å². The molecule has 0 aliphatic rings. The summed E-state index contributed by atoms with van der Waals surface area (Å²) in [5.41, 5.74) is 0. The van der Waals surface area contributed by atoms with Crippen LogP contribution in [0.15, 0.2) is 36.5 Å². The number of allylic oxidation sites excluding steroid dienone is 6. The van der Waals surface area contributed by atoms with Crippen molar-refractivity contribution in [3.8, 4) is 0 Å². The van der Waals surface area contributed by atoms with Crippen molar-refractivity contribution in [2.75, 3.05) is 13.2 Å². The quantitative estimate of drug-likeness (QED) is 0.0320. The van der Waals surface area contributed by atoms with E-state index in [-0.39, 0.29) is 18.5 Å². The number of ether oxygens (including phenoxy) is 1. The van der Waals surface area contributed by atoms with Gasteiger partial charge in [0.05, 0.1) is 25.4 Å². The Bertz CT molecular complexity index is 1330. The van der Waals surface area contributed by atoms with Crippen LogP contribution in [-0.4, -0.2) is 47.4 Å². The Morgan fingerprint density at radius 3 is 0.963 bits per heavy atom. The van der Waals surface area contributed by atoms with E-state index in [0.29, 0.717) is 25.9 Å². The highest BCUT2D eigenvalue weighted by Crippen LogP contribution is 2.19. The number of unbranched alkanes of at least 4 members (excludes halogenated alkanes) is 53. The van der Waals surface area contributed by atoms with Crippen LogP contribution in [0.2, 0.25) is 0 Å². The Balaban J connectivity index is 3.29. The van der Waals surface area contributed by atoms with E-state index in [4.69, 9.17) is 4.74 Å². The molecule has 0 aromatic carbocycles. The number of amides is 1. The maximum absolute atomic E-state index is 12.4. The summed E-state index contributed by atoms with van der Waals surface area (Å²) >= 11 is 0. The Hall–Kier alpha value is -1.92. The predicted molar refractivity (Wildman–Crippen MR) is 361 cm³/mol. The van der Waals surface area contributed by atoms with Gasteiger partial charge in [0.2, 0.25) is 5.91 Å². The second kappa shape index (κ2) is 71.6. The van der Waals surface area contributed by atoms with E-state index in [0.717, 1.165) is 51.4 Å². The minimum absolute atomic E-state index is 0.0180. The maximum atomic E-state index is 12.4. The molecule has 484 valence electrons. The third kappa shape index (κ3) is 67.2. The van der Waals surface area contributed by atoms with E-state index < -0.39 is 12.1 Å². The standard InChI is InChI=1S/C76H145NO5/c1-3-5-7-9-11-13-14-15-16-17-37-41-44-47-50-54-58-62-66-70-76(81)82-71-67-63-59-55-51-48-45-42-39-36-34-32-30-28-26-24-22-20-18-19-21-23-25-27-29-31-33-35-38-40-43-46-49-53-57-61-65-69-75(80)77-73(72-78)74(79)68-64-60-56-52-12-10-8-6-4-2/h11,13,15-16,18,20,73-74,78-79H,3-10,12,14,17,19,21-72H2,1-2H3,(H,77,80)/b13-11-,16-15-,20-18-. The van der Waals surface area contributed by atoms with Gasteiger partial charge in [-0.05, 0) is 83.5 Å². The van der Waals surface area contributed by atoms with Crippen molar-refractivity contribution in [1.29, 1.82) is 0 Å². The molecule has 1 amide bonds. The Labute approximate surface area is 513 Å². The van der Waals surface area contributed by atoms with Gasteiger partial charge in [-0.1, -0.05) is 352 Å². The average Bonchev–Trinajstić information content (AvgIpc) is 3.48. The Morgan fingerprint density at radius 2 is 0.610 bits per heavy atom. The van der Waals surface area contributed by atoms with Gasteiger partial charge in [0.1, 0.15) is 0 Å². The number of esters is 1. The Kier molecular flexibility index (Phi) is 69.9. The molecule has 2 unspecified atom stereocenters. The predicted octanol–water partition coefficient (Wildman–Crippen LogP) is 24.3. The first-order valence-corrected chi connectivity index (χ1v) is 37.2. The Morgan fingerprint density at radius 1 is 0.341 bits per heavy atom. The SMILES string of the molecule is CCCCC/C=C\C/C=C\CCCCCCCCCCCC(=O)OCCCCCCCCCCCCCCCCCC/C=C\CCCCCCCCCCCCCCCCCCCC(=O)NC(CO)C(O)CCCCCCCCCCC. The second-order valence-corrected chi connectivity index (χ2v) is 25.6. The van der Waals surface area contributed by atoms with Crippen LogP contribution in [0.5, 0.6) is 0 Å². The molecule has 0 fully saturated rings. The van der Waals surface area contributed by atoms with Gasteiger partial charge in [0.25, 0.3) is 0 Å². The summed E-state index contributed by atoms with van der Waals surface area (Å²) < 4.78 is 5.51. The molecule has 0 spiro atoms. The van der Waals surface area contributed by atoms with Crippen LogP contribution in [0, 0.1) is 0 Å². The van der Waals surface area contributed by atoms with Gasteiger partial charge >= 0.3 is 5.97 Å². The number of nitrogens with one attached hydrogen (secondary N) is 1. The van der Waals surface area contributed by atoms with Gasteiger partial charge in [-0.25, -0.2) is 0 Å². The van der Waals surface area contributed by atoms with Crippen molar-refractivity contribution in [2.45, 2.75) is 424 Å². The summed E-state index contributed by atoms with van der Waals surface area (Å²) in [5.74, 6) is -0.0137. The van der Waals surface area contributed by atoms with Gasteiger partial charge in [-0.3, -0.25) is 9.59 Å². The lowest BCUT2D eigenvalue weighted by molar-refractivity contribution is -0.143. The zero-order valence-electron chi connectivity index (χ0n) is 55.5. The van der Waals surface area contributed by atoms with Crippen molar-refractivity contribution < 1.29 is 24.5 Å². The van der Waals surface area contributed by atoms with Crippen LogP contribution in [0.4, 0.5) is 0 Å². The van der Waals surface area contributed by atoms with Gasteiger partial charge in [0.15, 0.2) is 0 Å². The molecular formula is C76H145NO5. The van der Waals surface area contributed by atoms with E-state index in [1.807, 2.05) is 0 Å². The molecule has 0 bridgehead atoms. The number of aliphatic hydroxyl groups excluding tert-OH is 2. The van der Waals surface area contributed by atoms with E-state index in [2.05, 4.69) is 55.6 Å². The summed E-state index contributed by atoms with van der Waals surface area (Å²) in [7, 11) is 0. The lowest BCUT2D eigenvalue weighted by Crippen LogP contribution is -2.45. The summed E-state index contributed by atoms with van der Waals surface area (Å²) in [6.45, 7) is 4.94. The highest BCUT2D eigenvalue weighted by atomic mass is 16.5. The first kappa shape index (κ1) is 80.1. The van der Waals surface area contributed by atoms with Crippen LogP contribution >= 0.6 is 0 Å². The molecule has 6 heteroatoms. The summed E-state index contributed by atoms with van der Waals surface area (Å²) in [6, 6.07) is -0.536. The lowest BCUT2D eigenvalue weighted by atomic mass is 10.0. The van der Waals surface area contributed by atoms with Crippen LogP contribution in [0.3, 0.4) is 0 Å². The van der Waals surface area contributed by atoms with Gasteiger partial charge in [-0.2, -0.15) is 0 Å². The molecular weight excluding hydrogens is 1010 g/mol. The minimum atomic E-state index is -0.659. The highest BCUT2D eigenvalue weighted by Gasteiger charge is 2.20. The molecule has 82 heavy (non-hydrogen) atoms. The monoisotopic (exact) mass is 1150 g/mol. The van der Waals surface area contributed by atoms with Gasteiger partial charge in [-0.15, -0.1) is 0 Å². The number of carbonyl (C=O) groups is 2. The number of hydrogen-bond donors (Lipinski definition) is 3. The van der Waals surface area contributed by atoms with E-state index in [9.17, 15) is 19.8 Å². The summed E-state index contributed by atoms with van der Waals surface area (Å²) in [5, 5.41) is 23.2. The topological polar surface area (TPSA) is 95.9 Å². The lowest BCUT2D eigenvalue weighted by Gasteiger charge is -2.22. The molecule has 0 aromatic heterocycles. The smallest absolute Gasteiger partial charge is 0.305 e. The molecule has 2 atom stereocenters. The average molecular weight is 1150 g/mol. The van der Waals surface area contributed by atoms with Crippen LogP contribution < -0.4 is 5.32 Å². The van der Waals surface area contributed by atoms with Crippen molar-refractivity contribution in [3.63, 3.8) is 0 Å². The first-order chi connectivity index (χ1) is 40.5. The van der Waals surface area contributed by atoms with E-state index in [1.165, 1.54) is 327 Å². The van der Waals surface area contributed by atoms with Crippen LogP contribution in [0.1, 0.15) is 412 Å². The molecule has 0 radical (unpaired) electrons. The van der Waals surface area contributed by atoms with Crippen LogP contribution in [0.25, 0.3) is 0 Å². The normalized spacial score (nSPS) is 12.7. The van der Waals surface area contributed by atoms with Crippen LogP contribution in [-0.2, 0) is 14.3 Å². The summed E-state index contributed by atoms with van der Waals surface area (Å²) in [4.78, 5) is 24.6. The molecule has 0 aliphatic heterocycles. The minimum Gasteiger partial charge on any atom is -0.466 e. The fourth-order valence-corrected chi connectivity index (χ4v) is 11.7. The number of rotatable bonds is 70. The first-order valence-electron chi connectivity index (χ1n) is 37.2. The third-order valence-electron chi connectivity index (χ3n) is 17.4. The van der Waals surface area contributed by atoms with Gasteiger partial charge in [0, 0.05) is 12.8 Å². The number of hydrogen-bond acceptors (Lipinski definition) is 5. The second-order valence-electron chi connectivity index (χ2n) is 25.6. The van der Waals surface area contributed by atoms with E-state index >= 15 is 0 Å². The fourth-order valence-electron chi connectivity index (χ4n) is 11.7. The third-order valence-corrected chi connectivity index (χ3v) is 17.4. The fraction of sp³-hybridized carbons (Fsp3) is 0.895. The van der Waals surface area contributed by atoms with Crippen molar-refractivity contribution in [2.24, 2.45) is 0 Å². The maximum Gasteiger partial charge on any atom is 0.305 e. The molecule has 6 nitrogen and oxygen atoms in total. The summed E-state index contributed by atoms with van der Waals surface area (Å²) in [6.07, 6.45) is 92.4. The highest BCUT2D eigenvalue weighted by molar-refractivity contribution is 5.76. The molecule has 3 N–H and O–H groups in total. The van der Waals surface area contributed by atoms with Crippen molar-refractivity contribution in [1.82, 2.24) is 5.32 Å². The molecule has 0 aliphatic carbocycles. The molecule has 0 rings (SSSR count). The van der Waals surface area contributed by atoms with E-state index in [1.54, 1.807) is 0 Å². The van der Waals surface area contributed by atoms with Crippen molar-refractivity contribution >= 4 is 11.9 Å².